The molecule has 0 aliphatic carbocycles. The lowest BCUT2D eigenvalue weighted by Gasteiger charge is -2.39. The summed E-state index contributed by atoms with van der Waals surface area (Å²) < 4.78 is 39.5. The van der Waals surface area contributed by atoms with Gasteiger partial charge >= 0.3 is 6.18 Å². The number of piperazine rings is 1. The van der Waals surface area contributed by atoms with E-state index in [1.807, 2.05) is 0 Å². The highest BCUT2D eigenvalue weighted by atomic mass is 35.5. The minimum absolute atomic E-state index is 0.302. The van der Waals surface area contributed by atoms with Gasteiger partial charge < -0.3 is 4.90 Å². The van der Waals surface area contributed by atoms with Gasteiger partial charge in [0.2, 0.25) is 0 Å². The quantitative estimate of drug-likeness (QED) is 0.447. The fourth-order valence-corrected chi connectivity index (χ4v) is 5.17. The van der Waals surface area contributed by atoms with Crippen LogP contribution in [0.15, 0.2) is 36.4 Å². The minimum atomic E-state index is -4.34. The van der Waals surface area contributed by atoms with Gasteiger partial charge in [0.25, 0.3) is 0 Å². The minimum Gasteiger partial charge on any atom is -0.345 e. The number of thiazole rings is 1. The molecule has 2 aromatic carbocycles. The first-order valence-corrected chi connectivity index (χ1v) is 11.2. The molecule has 2 heterocycles. The van der Waals surface area contributed by atoms with Crippen molar-refractivity contribution in [3.63, 3.8) is 0 Å². The fraction of sp³-hybridized carbons (Fsp3) is 0.409. The van der Waals surface area contributed by atoms with Gasteiger partial charge in [-0.3, -0.25) is 4.90 Å². The Morgan fingerprint density at radius 1 is 1.13 bits per heavy atom. The van der Waals surface area contributed by atoms with Gasteiger partial charge in [-0.2, -0.15) is 13.2 Å². The highest BCUT2D eigenvalue weighted by molar-refractivity contribution is 7.22. The molecule has 0 amide bonds. The van der Waals surface area contributed by atoms with Crippen LogP contribution in [-0.4, -0.2) is 35.6 Å². The van der Waals surface area contributed by atoms with E-state index < -0.39 is 11.7 Å². The molecule has 1 aromatic heterocycles. The van der Waals surface area contributed by atoms with Crippen molar-refractivity contribution in [2.24, 2.45) is 0 Å². The van der Waals surface area contributed by atoms with Gasteiger partial charge in [0.1, 0.15) is 0 Å². The number of alkyl halides is 4. The van der Waals surface area contributed by atoms with Crippen molar-refractivity contribution in [2.45, 2.75) is 38.5 Å². The van der Waals surface area contributed by atoms with E-state index in [1.165, 1.54) is 34.6 Å². The molecule has 1 saturated heterocycles. The third-order valence-electron chi connectivity index (χ3n) is 5.48. The second kappa shape index (κ2) is 8.36. The van der Waals surface area contributed by atoms with Crippen LogP contribution >= 0.6 is 22.9 Å². The van der Waals surface area contributed by atoms with Crippen molar-refractivity contribution in [3.05, 3.63) is 58.7 Å². The summed E-state index contributed by atoms with van der Waals surface area (Å²) in [6, 6.07) is 10.5. The summed E-state index contributed by atoms with van der Waals surface area (Å²) in [5, 5.41) is 0.788. The van der Waals surface area contributed by atoms with Gasteiger partial charge in [0.15, 0.2) is 5.13 Å². The van der Waals surface area contributed by atoms with E-state index in [-0.39, 0.29) is 0 Å². The number of fused-ring (bicyclic) bond motifs is 1. The van der Waals surface area contributed by atoms with Crippen LogP contribution in [0.1, 0.15) is 29.2 Å². The zero-order valence-corrected chi connectivity index (χ0v) is 18.4. The van der Waals surface area contributed by atoms with Gasteiger partial charge in [0.05, 0.1) is 15.8 Å². The number of nitrogens with zero attached hydrogens (tertiary/aromatic N) is 3. The van der Waals surface area contributed by atoms with Crippen LogP contribution in [0.5, 0.6) is 0 Å². The maximum Gasteiger partial charge on any atom is 0.416 e. The van der Waals surface area contributed by atoms with E-state index in [4.69, 9.17) is 11.6 Å². The third kappa shape index (κ3) is 4.58. The Balaban J connectivity index is 1.47. The molecule has 0 spiro atoms. The number of benzene rings is 2. The molecular weight excluding hydrogens is 431 g/mol. The molecule has 1 aliphatic heterocycles. The van der Waals surface area contributed by atoms with Crippen molar-refractivity contribution >= 4 is 38.3 Å². The first-order chi connectivity index (χ1) is 14.2. The lowest BCUT2D eigenvalue weighted by atomic mass is 10.1. The molecule has 8 heteroatoms. The van der Waals surface area contributed by atoms with E-state index in [1.54, 1.807) is 0 Å². The molecule has 1 atom stereocenters. The van der Waals surface area contributed by atoms with Crippen molar-refractivity contribution in [2.75, 3.05) is 24.5 Å². The third-order valence-corrected chi connectivity index (χ3v) is 6.86. The number of hydrogen-bond donors (Lipinski definition) is 0. The molecule has 1 fully saturated rings. The Hall–Kier alpha value is -1.83. The molecule has 1 aliphatic rings. The zero-order valence-electron chi connectivity index (χ0n) is 16.8. The van der Waals surface area contributed by atoms with Gasteiger partial charge in [-0.15, -0.1) is 11.6 Å². The summed E-state index contributed by atoms with van der Waals surface area (Å²) in [5.41, 5.74) is 3.59. The molecule has 0 bridgehead atoms. The summed E-state index contributed by atoms with van der Waals surface area (Å²) >= 11 is 7.34. The highest BCUT2D eigenvalue weighted by Crippen LogP contribution is 2.36. The fourth-order valence-electron chi connectivity index (χ4n) is 3.98. The summed E-state index contributed by atoms with van der Waals surface area (Å²) in [7, 11) is 0. The summed E-state index contributed by atoms with van der Waals surface area (Å²) in [5.74, 6) is 0.506. The summed E-state index contributed by atoms with van der Waals surface area (Å²) in [4.78, 5) is 9.19. The monoisotopic (exact) mass is 453 g/mol. The van der Waals surface area contributed by atoms with Crippen LogP contribution in [0.2, 0.25) is 0 Å². The maximum atomic E-state index is 13.0. The van der Waals surface area contributed by atoms with E-state index in [0.717, 1.165) is 42.9 Å². The molecule has 0 saturated carbocycles. The topological polar surface area (TPSA) is 19.4 Å². The van der Waals surface area contributed by atoms with Crippen molar-refractivity contribution < 1.29 is 13.2 Å². The lowest BCUT2D eigenvalue weighted by Crippen LogP contribution is -2.51. The molecule has 0 radical (unpaired) electrons. The Morgan fingerprint density at radius 3 is 2.60 bits per heavy atom. The van der Waals surface area contributed by atoms with Crippen molar-refractivity contribution in [1.29, 1.82) is 0 Å². The Bertz CT molecular complexity index is 1050. The number of halogens is 4. The van der Waals surface area contributed by atoms with Crippen LogP contribution < -0.4 is 4.90 Å². The van der Waals surface area contributed by atoms with E-state index in [0.29, 0.717) is 22.1 Å². The average molecular weight is 454 g/mol. The first kappa shape index (κ1) is 21.4. The average Bonchev–Trinajstić information content (AvgIpc) is 3.11. The second-order valence-corrected chi connectivity index (χ2v) is 9.18. The maximum absolute atomic E-state index is 13.0. The second-order valence-electron chi connectivity index (χ2n) is 7.90. The smallest absolute Gasteiger partial charge is 0.345 e. The number of hydrogen-bond acceptors (Lipinski definition) is 4. The first-order valence-electron chi connectivity index (χ1n) is 9.85. The SMILES string of the molecule is Cc1cc(CCl)cc(CN2CCN(c3nc4ccc(C(F)(F)F)cc4s3)CC2C)c1. The van der Waals surface area contributed by atoms with Crippen LogP contribution in [-0.2, 0) is 18.6 Å². The van der Waals surface area contributed by atoms with Crippen molar-refractivity contribution in [1.82, 2.24) is 9.88 Å². The molecule has 4 rings (SSSR count). The molecular formula is C22H23ClF3N3S. The predicted octanol–water partition coefficient (Wildman–Crippen LogP) is 6.07. The summed E-state index contributed by atoms with van der Waals surface area (Å²) in [6.45, 7) is 7.58. The lowest BCUT2D eigenvalue weighted by molar-refractivity contribution is -0.137. The standard InChI is InChI=1S/C22H23ClF3N3S/c1-14-7-16(11-23)9-17(8-14)13-28-5-6-29(12-15(28)2)21-27-19-4-3-18(22(24,25)26)10-20(19)30-21/h3-4,7-10,15H,5-6,11-13H2,1-2H3. The summed E-state index contributed by atoms with van der Waals surface area (Å²) in [6.07, 6.45) is -4.34. The highest BCUT2D eigenvalue weighted by Gasteiger charge is 2.31. The zero-order chi connectivity index (χ0) is 21.5. The largest absolute Gasteiger partial charge is 0.416 e. The van der Waals surface area contributed by atoms with E-state index in [9.17, 15) is 13.2 Å². The molecule has 30 heavy (non-hydrogen) atoms. The normalized spacial score (nSPS) is 18.3. The van der Waals surface area contributed by atoms with E-state index >= 15 is 0 Å². The van der Waals surface area contributed by atoms with E-state index in [2.05, 4.69) is 46.8 Å². The number of rotatable bonds is 4. The molecule has 3 nitrogen and oxygen atoms in total. The molecule has 160 valence electrons. The molecule has 3 aromatic rings. The Labute approximate surface area is 183 Å². The molecule has 1 unspecified atom stereocenters. The van der Waals surface area contributed by atoms with Gasteiger partial charge in [-0.05, 0) is 43.2 Å². The van der Waals surface area contributed by atoms with Crippen LogP contribution in [0.4, 0.5) is 18.3 Å². The Morgan fingerprint density at radius 2 is 1.90 bits per heavy atom. The van der Waals surface area contributed by atoms with Crippen molar-refractivity contribution in [3.8, 4) is 0 Å². The van der Waals surface area contributed by atoms with Crippen LogP contribution in [0.25, 0.3) is 10.2 Å². The van der Waals surface area contributed by atoms with Gasteiger partial charge in [-0.1, -0.05) is 35.1 Å². The number of aryl methyl sites for hydroxylation is 1. The predicted molar refractivity (Wildman–Crippen MR) is 117 cm³/mol. The Kier molecular flexibility index (Phi) is 5.97. The van der Waals surface area contributed by atoms with Gasteiger partial charge in [-0.25, -0.2) is 4.98 Å². The van der Waals surface area contributed by atoms with Gasteiger partial charge in [0, 0.05) is 38.1 Å². The number of anilines is 1. The molecule has 0 N–H and O–H groups in total. The van der Waals surface area contributed by atoms with Crippen LogP contribution in [0.3, 0.4) is 0 Å². The number of aromatic nitrogens is 1. The van der Waals surface area contributed by atoms with Crippen LogP contribution in [0, 0.1) is 6.92 Å².